The molecule has 42 nitrogen and oxygen atoms in total. The van der Waals surface area contributed by atoms with E-state index in [4.69, 9.17) is 28.4 Å². The zero-order chi connectivity index (χ0) is 93.4. The number of nitrogens with one attached hydrogen (secondary N) is 13. The van der Waals surface area contributed by atoms with Crippen LogP contribution < -0.4 is 56.1 Å². The molecule has 46 heteroatoms. The second-order valence-electron chi connectivity index (χ2n) is 29.6. The molecule has 6 aromatic carbocycles. The van der Waals surface area contributed by atoms with E-state index in [1.165, 1.54) is 79.7 Å². The summed E-state index contributed by atoms with van der Waals surface area (Å²) >= 11 is 0. The Balaban J connectivity index is 0.487. The van der Waals surface area contributed by atoms with Gasteiger partial charge >= 0.3 is 11.9 Å². The van der Waals surface area contributed by atoms with Crippen molar-refractivity contribution in [1.29, 1.82) is 0 Å². The molecule has 0 aliphatic rings. The number of aryl methyl sites for hydroxylation is 2. The highest BCUT2D eigenvalue weighted by atomic mass is 32.2. The molecule has 0 saturated heterocycles. The van der Waals surface area contributed by atoms with Gasteiger partial charge in [0.25, 0.3) is 11.8 Å². The molecule has 5 amide bonds. The molecule has 0 unspecified atom stereocenters. The zero-order valence-corrected chi connectivity index (χ0v) is 75.2. The summed E-state index contributed by atoms with van der Waals surface area (Å²) in [6.07, 6.45) is 13.2. The molecular formula is C85H109N19O23S4. The first-order valence-electron chi connectivity index (χ1n) is 42.2. The molecule has 4 aromatic heterocycles. The molecule has 4 heterocycles. The number of hydrogen-bond acceptors (Lipinski definition) is 27. The van der Waals surface area contributed by atoms with Crippen LogP contribution in [0.2, 0.25) is 0 Å². The maximum absolute atomic E-state index is 13.4. The number of carboxylic acid groups (broad SMARTS) is 2. The van der Waals surface area contributed by atoms with Gasteiger partial charge in [0.2, 0.25) is 57.8 Å². The Morgan fingerprint density at radius 2 is 0.756 bits per heavy atom. The Kier molecular flexibility index (Phi) is 39.8. The number of imidazole rings is 2. The lowest BCUT2D eigenvalue weighted by Gasteiger charge is -2.17. The smallest absolute Gasteiger partial charge is 0.323 e. The van der Waals surface area contributed by atoms with Gasteiger partial charge in [-0.1, -0.05) is 48.5 Å². The summed E-state index contributed by atoms with van der Waals surface area (Å²) in [4.78, 5) is 102. The first-order chi connectivity index (χ1) is 63.1. The van der Waals surface area contributed by atoms with Gasteiger partial charge in [0.1, 0.15) is 18.1 Å². The number of carbonyl (C=O) groups excluding carboxylic acids is 5. The minimum Gasteiger partial charge on any atom is -0.480 e. The van der Waals surface area contributed by atoms with Gasteiger partial charge < -0.3 is 85.8 Å². The molecule has 0 radical (unpaired) electrons. The number of fused-ring (bicyclic) bond motifs is 2. The van der Waals surface area contributed by atoms with Crippen LogP contribution in [0.15, 0.2) is 190 Å². The second-order valence-corrected chi connectivity index (χ2v) is 36.5. The average molecular weight is 1890 g/mol. The van der Waals surface area contributed by atoms with E-state index in [1.54, 1.807) is 107 Å². The van der Waals surface area contributed by atoms with Crippen LogP contribution in [-0.4, -0.2) is 275 Å². The van der Waals surface area contributed by atoms with Crippen LogP contribution in [0, 0.1) is 0 Å². The molecule has 10 aromatic rings. The summed E-state index contributed by atoms with van der Waals surface area (Å²) in [6, 6.07) is 28.5. The lowest BCUT2D eigenvalue weighted by atomic mass is 10.1. The van der Waals surface area contributed by atoms with Gasteiger partial charge in [-0.2, -0.15) is 19.6 Å². The van der Waals surface area contributed by atoms with Crippen LogP contribution in [0.25, 0.3) is 44.1 Å². The number of ether oxygens (including phenoxy) is 6. The Morgan fingerprint density at radius 3 is 1.11 bits per heavy atom. The molecule has 0 aliphatic heterocycles. The third kappa shape index (κ3) is 33.1. The number of H-pyrrole nitrogens is 2. The van der Waals surface area contributed by atoms with Crippen molar-refractivity contribution in [3.63, 3.8) is 0 Å². The molecule has 3 atom stereocenters. The summed E-state index contributed by atoms with van der Waals surface area (Å²) in [5, 5.41) is 49.5. The van der Waals surface area contributed by atoms with Gasteiger partial charge in [-0.05, 0) is 152 Å². The van der Waals surface area contributed by atoms with Crippen molar-refractivity contribution in [2.24, 2.45) is 0 Å². The minimum absolute atomic E-state index is 0.000258. The Bertz CT molecular complexity index is 5820. The zero-order valence-electron chi connectivity index (χ0n) is 71.9. The first kappa shape index (κ1) is 101. The molecule has 0 spiro atoms. The van der Waals surface area contributed by atoms with Crippen LogP contribution in [0.5, 0.6) is 0 Å². The number of aromatic amines is 2. The number of anilines is 2. The van der Waals surface area contributed by atoms with Crippen molar-refractivity contribution in [2.75, 3.05) is 142 Å². The third-order valence-electron chi connectivity index (χ3n) is 19.8. The summed E-state index contributed by atoms with van der Waals surface area (Å²) in [5.41, 5.74) is 4.29. The van der Waals surface area contributed by atoms with Crippen molar-refractivity contribution in [3.05, 3.63) is 182 Å². The normalized spacial score (nSPS) is 12.6. The third-order valence-corrected chi connectivity index (χ3v) is 25.8. The van der Waals surface area contributed by atoms with Gasteiger partial charge in [-0.15, -0.1) is 0 Å². The summed E-state index contributed by atoms with van der Waals surface area (Å²) in [5.74, 6) is -4.11. The van der Waals surface area contributed by atoms with E-state index in [0.717, 1.165) is 23.9 Å². The predicted molar refractivity (Wildman–Crippen MR) is 481 cm³/mol. The molecule has 706 valence electrons. The van der Waals surface area contributed by atoms with Crippen LogP contribution in [0.1, 0.15) is 79.0 Å². The molecule has 0 bridgehead atoms. The van der Waals surface area contributed by atoms with Crippen molar-refractivity contribution in [1.82, 2.24) is 85.0 Å². The van der Waals surface area contributed by atoms with E-state index in [1.807, 2.05) is 0 Å². The highest BCUT2D eigenvalue weighted by molar-refractivity contribution is 7.90. The highest BCUT2D eigenvalue weighted by Gasteiger charge is 2.30. The summed E-state index contributed by atoms with van der Waals surface area (Å²) in [7, 11) is -16.6. The Hall–Kier alpha value is -12.0. The van der Waals surface area contributed by atoms with E-state index >= 15 is 0 Å². The standard InChI is InChI=1S/C85H109N19O23S4/c1-60(105)100-73(81(109)87-33-5-43-123-47-51-127-53-49-125-45-7-35-99-129(116,117)70-20-10-62(11-21-70)64-14-24-72(25-15-64)131(120,121)102-75(83(112)113)59-95-80(108)66-17-28-77-68(55-66)57-97-104(77)41-3-31-89-85-92-38-39-93-85)26-29-78(106)86-32-4-42-122-46-50-126-52-48-124-44-6-34-98-128(114,115)69-18-8-61(9-19-69)63-12-22-71(23-13-63)130(118,119)101-74(82(110)111)58-94-79(107)65-16-27-76-67(54-65)56-96-103(76)40-2-30-88-84-90-36-37-91-84/h8-25,27-28,36-39,54-57,73-75,98-99,101-102H,2-7,26,29-35,40-53,58-59H2,1H3,(H,86,106)(H,87,109)(H,94,107)(H,95,108)(H,100,105)(H,110,111)(H,112,113)(H2,88,90,91)(H2,89,92,93)/t73-,74-,75-/m0/s1. The van der Waals surface area contributed by atoms with Crippen LogP contribution in [0.4, 0.5) is 11.9 Å². The van der Waals surface area contributed by atoms with Crippen molar-refractivity contribution < 1.29 is 106 Å². The molecule has 0 fully saturated rings. The van der Waals surface area contributed by atoms with Gasteiger partial charge in [0.15, 0.2) is 11.9 Å². The number of sulfonamides is 4. The molecular weight excluding hydrogens is 1780 g/mol. The van der Waals surface area contributed by atoms with E-state index in [-0.39, 0.29) is 129 Å². The lowest BCUT2D eigenvalue weighted by Crippen LogP contribution is -2.48. The molecule has 15 N–H and O–H groups in total. The lowest BCUT2D eigenvalue weighted by molar-refractivity contribution is -0.139. The number of amides is 5. The van der Waals surface area contributed by atoms with Crippen molar-refractivity contribution in [3.8, 4) is 22.3 Å². The number of rotatable bonds is 63. The monoisotopic (exact) mass is 1890 g/mol. The van der Waals surface area contributed by atoms with Crippen molar-refractivity contribution >= 4 is 115 Å². The van der Waals surface area contributed by atoms with Gasteiger partial charge in [-0.3, -0.25) is 42.9 Å². The highest BCUT2D eigenvalue weighted by Crippen LogP contribution is 2.27. The number of nitrogens with zero attached hydrogens (tertiary/aromatic N) is 6. The number of aromatic nitrogens is 8. The fourth-order valence-electron chi connectivity index (χ4n) is 13.0. The van der Waals surface area contributed by atoms with Crippen LogP contribution in [-0.2, 0) is 106 Å². The fraction of sp³-hybridized carbons (Fsp3) is 0.400. The summed E-state index contributed by atoms with van der Waals surface area (Å²) < 4.78 is 152. The number of aliphatic carboxylic acids is 2. The van der Waals surface area contributed by atoms with Crippen molar-refractivity contribution in [2.45, 2.75) is 109 Å². The Morgan fingerprint density at radius 1 is 0.405 bits per heavy atom. The van der Waals surface area contributed by atoms with Crippen LogP contribution in [0.3, 0.4) is 0 Å². The largest absolute Gasteiger partial charge is 0.480 e. The maximum atomic E-state index is 13.4. The van der Waals surface area contributed by atoms with E-state index < -0.39 is 107 Å². The predicted octanol–water partition coefficient (Wildman–Crippen LogP) is 3.93. The maximum Gasteiger partial charge on any atom is 0.323 e. The van der Waals surface area contributed by atoms with E-state index in [9.17, 15) is 77.4 Å². The topological polar surface area (TPSA) is 577 Å². The van der Waals surface area contributed by atoms with Crippen LogP contribution >= 0.6 is 0 Å². The van der Waals surface area contributed by atoms with E-state index in [0.29, 0.717) is 123 Å². The quantitative estimate of drug-likeness (QED) is 0.0240. The van der Waals surface area contributed by atoms with E-state index in [2.05, 4.69) is 86.2 Å². The molecule has 0 aliphatic carbocycles. The fourth-order valence-corrected chi connectivity index (χ4v) is 17.5. The summed E-state index contributed by atoms with van der Waals surface area (Å²) in [6.45, 7) is 6.72. The molecule has 131 heavy (non-hydrogen) atoms. The minimum atomic E-state index is -4.39. The molecule has 10 rings (SSSR count). The number of carboxylic acids is 2. The first-order valence-corrected chi connectivity index (χ1v) is 48.2. The number of benzene rings is 6. The number of carbonyl (C=O) groups is 7. The SMILES string of the molecule is CC(=O)N[C@@H](CCC(=O)NCCCOCCOCCOCCCNS(=O)(=O)c1ccc(-c2ccc(S(=O)(=O)N[C@@H](CNC(=O)c3ccc4c(cnn4CCCNc4ncc[nH]4)c3)C(=O)O)cc2)cc1)C(=O)NCCCOCCOCCOCCCNS(=O)(=O)c1ccc(-c2ccc(S(=O)(=O)N[C@@H](CNC(=O)c3ccc4c(cnn4CCCNc4ncc[nH]4)c3)C(=O)O)cc2)cc1. The number of hydrogen-bond donors (Lipinski definition) is 15. The average Bonchev–Trinajstić information content (AvgIpc) is 1.46. The Labute approximate surface area is 757 Å². The molecule has 0 saturated carbocycles. The van der Waals surface area contributed by atoms with Gasteiger partial charge in [0, 0.05) is 152 Å². The van der Waals surface area contributed by atoms with Gasteiger partial charge in [0.05, 0.1) is 95.9 Å². The second kappa shape index (κ2) is 51.5. The van der Waals surface area contributed by atoms with Gasteiger partial charge in [-0.25, -0.2) is 53.1 Å².